The monoisotopic (exact) mass is 568 g/mol. The summed E-state index contributed by atoms with van der Waals surface area (Å²) >= 11 is 2.03. The van der Waals surface area contributed by atoms with Crippen LogP contribution in [0.25, 0.3) is 0 Å². The van der Waals surface area contributed by atoms with E-state index in [1.807, 2.05) is 30.3 Å². The zero-order valence-corrected chi connectivity index (χ0v) is 21.6. The summed E-state index contributed by atoms with van der Waals surface area (Å²) in [5, 5.41) is -0.428. The lowest BCUT2D eigenvalue weighted by atomic mass is 9.83. The molecule has 3 atom stereocenters. The van der Waals surface area contributed by atoms with Gasteiger partial charge in [0.15, 0.2) is 0 Å². The van der Waals surface area contributed by atoms with Crippen molar-refractivity contribution < 1.29 is 27.5 Å². The van der Waals surface area contributed by atoms with E-state index in [2.05, 4.69) is 4.98 Å². The first-order valence-corrected chi connectivity index (χ1v) is 13.6. The lowest BCUT2D eigenvalue weighted by molar-refractivity contribution is -0.137. The second-order valence-corrected chi connectivity index (χ2v) is 11.3. The molecular formula is C28H19F3N2O4S2. The molecule has 6 rings (SSSR count). The molecule has 2 aliphatic rings. The molecule has 1 saturated heterocycles. The zero-order chi connectivity index (χ0) is 27.3. The van der Waals surface area contributed by atoms with Gasteiger partial charge in [0.1, 0.15) is 17.6 Å². The summed E-state index contributed by atoms with van der Waals surface area (Å²) in [6, 6.07) is 20.9. The van der Waals surface area contributed by atoms with Crippen molar-refractivity contribution in [1.82, 2.24) is 4.98 Å². The van der Waals surface area contributed by atoms with E-state index in [1.165, 1.54) is 12.1 Å². The van der Waals surface area contributed by atoms with E-state index in [0.29, 0.717) is 27.8 Å². The van der Waals surface area contributed by atoms with Crippen LogP contribution in [-0.4, -0.2) is 22.0 Å². The number of H-pyrrole nitrogens is 1. The number of thiazole rings is 1. The first-order valence-electron chi connectivity index (χ1n) is 11.9. The summed E-state index contributed by atoms with van der Waals surface area (Å²) in [7, 11) is 0. The third-order valence-corrected chi connectivity index (χ3v) is 9.12. The number of imide groups is 1. The summed E-state index contributed by atoms with van der Waals surface area (Å²) in [5.74, 6) is -2.26. The number of amides is 2. The van der Waals surface area contributed by atoms with E-state index >= 15 is 0 Å². The Kier molecular flexibility index (Phi) is 6.35. The number of nitrogens with one attached hydrogen (secondary N) is 1. The fourth-order valence-corrected chi connectivity index (χ4v) is 7.51. The standard InChI is InChI=1S/C28H19F3N2O4S2/c29-28(30,31)17-9-5-10-18(13-17)33-25(34)21-20(22-24(32-27(36)39-22)38-23(21)26(33)35)16-8-4-11-19(12-16)37-14-15-6-2-1-3-7-15/h1-13,20-21,23H,14H2,(H,32,36). The number of carbonyl (C=O) groups is 2. The molecule has 0 aliphatic carbocycles. The maximum absolute atomic E-state index is 13.8. The number of carbonyl (C=O) groups excluding carboxylic acids is 2. The van der Waals surface area contributed by atoms with E-state index in [1.54, 1.807) is 24.3 Å². The molecule has 11 heteroatoms. The minimum absolute atomic E-state index is 0.134. The van der Waals surface area contributed by atoms with E-state index in [9.17, 15) is 27.6 Å². The number of aromatic amines is 1. The average molecular weight is 569 g/mol. The fraction of sp³-hybridized carbons (Fsp3) is 0.179. The number of benzene rings is 3. The maximum Gasteiger partial charge on any atom is 0.416 e. The highest BCUT2D eigenvalue weighted by Gasteiger charge is 2.56. The highest BCUT2D eigenvalue weighted by molar-refractivity contribution is 8.00. The number of hydrogen-bond acceptors (Lipinski definition) is 6. The predicted molar refractivity (Wildman–Crippen MR) is 141 cm³/mol. The van der Waals surface area contributed by atoms with Crippen molar-refractivity contribution in [3.63, 3.8) is 0 Å². The van der Waals surface area contributed by atoms with Crippen molar-refractivity contribution in [2.45, 2.75) is 29.0 Å². The minimum atomic E-state index is -4.63. The van der Waals surface area contributed by atoms with Crippen LogP contribution in [0.15, 0.2) is 88.7 Å². The Labute approximate surface area is 228 Å². The third kappa shape index (κ3) is 4.65. The molecule has 0 spiro atoms. The number of anilines is 1. The Morgan fingerprint density at radius 2 is 1.67 bits per heavy atom. The summed E-state index contributed by atoms with van der Waals surface area (Å²) in [6.07, 6.45) is -4.63. The van der Waals surface area contributed by atoms with Crippen LogP contribution in [0.1, 0.15) is 27.5 Å². The Hall–Kier alpha value is -3.83. The molecule has 198 valence electrons. The summed E-state index contributed by atoms with van der Waals surface area (Å²) in [4.78, 5) is 43.5. The average Bonchev–Trinajstić information content (AvgIpc) is 3.42. The van der Waals surface area contributed by atoms with Crippen molar-refractivity contribution >= 4 is 40.6 Å². The quantitative estimate of drug-likeness (QED) is 0.307. The molecule has 3 heterocycles. The second-order valence-electron chi connectivity index (χ2n) is 9.16. The molecule has 0 bridgehead atoms. The van der Waals surface area contributed by atoms with Crippen LogP contribution in [-0.2, 0) is 22.4 Å². The lowest BCUT2D eigenvalue weighted by Gasteiger charge is -2.30. The van der Waals surface area contributed by atoms with E-state index < -0.39 is 40.6 Å². The summed E-state index contributed by atoms with van der Waals surface area (Å²) in [6.45, 7) is 0.320. The topological polar surface area (TPSA) is 79.5 Å². The van der Waals surface area contributed by atoms with Crippen LogP contribution < -0.4 is 14.5 Å². The number of halogens is 3. The van der Waals surface area contributed by atoms with Crippen molar-refractivity contribution in [1.29, 1.82) is 0 Å². The Bertz CT molecular complexity index is 1630. The first-order chi connectivity index (χ1) is 18.7. The van der Waals surface area contributed by atoms with Gasteiger partial charge in [-0.15, -0.1) is 0 Å². The number of ether oxygens (including phenoxy) is 1. The molecule has 3 unspecified atom stereocenters. The fourth-order valence-electron chi connectivity index (χ4n) is 4.99. The first kappa shape index (κ1) is 25.4. The Morgan fingerprint density at radius 1 is 0.897 bits per heavy atom. The van der Waals surface area contributed by atoms with Crippen LogP contribution in [0, 0.1) is 5.92 Å². The van der Waals surface area contributed by atoms with Gasteiger partial charge in [0.25, 0.3) is 0 Å². The van der Waals surface area contributed by atoms with Crippen LogP contribution in [0.3, 0.4) is 0 Å². The molecule has 2 aliphatic heterocycles. The second kappa shape index (κ2) is 9.73. The van der Waals surface area contributed by atoms with Gasteiger partial charge in [-0.05, 0) is 41.5 Å². The number of nitrogens with zero attached hydrogens (tertiary/aromatic N) is 1. The molecule has 1 N–H and O–H groups in total. The van der Waals surface area contributed by atoms with E-state index in [4.69, 9.17) is 4.74 Å². The molecule has 39 heavy (non-hydrogen) atoms. The molecule has 0 radical (unpaired) electrons. The Balaban J connectivity index is 1.38. The minimum Gasteiger partial charge on any atom is -0.489 e. The molecular weight excluding hydrogens is 549 g/mol. The molecule has 2 amide bonds. The van der Waals surface area contributed by atoms with Crippen LogP contribution in [0.2, 0.25) is 0 Å². The van der Waals surface area contributed by atoms with Gasteiger partial charge in [0.2, 0.25) is 11.8 Å². The predicted octanol–water partition coefficient (Wildman–Crippen LogP) is 5.83. The van der Waals surface area contributed by atoms with Gasteiger partial charge < -0.3 is 9.72 Å². The maximum atomic E-state index is 13.8. The molecule has 1 aromatic heterocycles. The third-order valence-electron chi connectivity index (χ3n) is 6.72. The largest absolute Gasteiger partial charge is 0.489 e. The van der Waals surface area contributed by atoms with Crippen molar-refractivity contribution in [2.75, 3.05) is 4.90 Å². The highest BCUT2D eigenvalue weighted by Crippen LogP contribution is 2.53. The number of thioether (sulfide) groups is 1. The van der Waals surface area contributed by atoms with E-state index in [-0.39, 0.29) is 10.6 Å². The van der Waals surface area contributed by atoms with E-state index in [0.717, 1.165) is 45.7 Å². The summed E-state index contributed by atoms with van der Waals surface area (Å²) < 4.78 is 46.1. The number of alkyl halides is 3. The number of aromatic nitrogens is 1. The van der Waals surface area contributed by atoms with Crippen LogP contribution in [0.4, 0.5) is 18.9 Å². The van der Waals surface area contributed by atoms with Gasteiger partial charge in [-0.3, -0.25) is 14.4 Å². The SMILES string of the molecule is O=C1C2Sc3[nH]c(=O)sc3C(c3cccc(OCc4ccccc4)c3)C2C(=O)N1c1cccc(C(F)(F)F)c1. The smallest absolute Gasteiger partial charge is 0.416 e. The van der Waals surface area contributed by atoms with Gasteiger partial charge in [-0.25, -0.2) is 4.90 Å². The molecule has 1 fully saturated rings. The number of hydrogen-bond donors (Lipinski definition) is 1. The zero-order valence-electron chi connectivity index (χ0n) is 20.0. The Morgan fingerprint density at radius 3 is 2.44 bits per heavy atom. The van der Waals surface area contributed by atoms with Gasteiger partial charge in [-0.2, -0.15) is 13.2 Å². The van der Waals surface area contributed by atoms with Gasteiger partial charge >= 0.3 is 11.0 Å². The normalized spacial score (nSPS) is 20.6. The van der Waals surface area contributed by atoms with Crippen molar-refractivity contribution in [2.24, 2.45) is 5.92 Å². The lowest BCUT2D eigenvalue weighted by Crippen LogP contribution is -2.32. The van der Waals surface area contributed by atoms with Crippen LogP contribution in [0.5, 0.6) is 5.75 Å². The van der Waals surface area contributed by atoms with Crippen molar-refractivity contribution in [3.05, 3.63) is 110 Å². The van der Waals surface area contributed by atoms with Crippen LogP contribution >= 0.6 is 23.1 Å². The van der Waals surface area contributed by atoms with Gasteiger partial charge in [-0.1, -0.05) is 71.6 Å². The molecule has 6 nitrogen and oxygen atoms in total. The van der Waals surface area contributed by atoms with Gasteiger partial charge in [0.05, 0.1) is 22.2 Å². The number of rotatable bonds is 5. The van der Waals surface area contributed by atoms with Gasteiger partial charge in [0, 0.05) is 10.8 Å². The summed E-state index contributed by atoms with van der Waals surface area (Å²) in [5.41, 5.74) is 0.549. The number of fused-ring (bicyclic) bond motifs is 2. The molecule has 3 aromatic carbocycles. The van der Waals surface area contributed by atoms with Crippen molar-refractivity contribution in [3.8, 4) is 5.75 Å². The highest BCUT2D eigenvalue weighted by atomic mass is 32.2. The molecule has 4 aromatic rings. The molecule has 0 saturated carbocycles.